The van der Waals surface area contributed by atoms with Crippen molar-refractivity contribution in [3.05, 3.63) is 52.5 Å². The Kier molecular flexibility index (Phi) is 3.95. The molecule has 0 bridgehead atoms. The largest absolute Gasteiger partial charge is 0.354 e. The molecule has 1 saturated heterocycles. The molecule has 0 aliphatic carbocycles. The Labute approximate surface area is 167 Å². The molecule has 0 spiro atoms. The molecule has 1 fully saturated rings. The number of anilines is 2. The lowest BCUT2D eigenvalue weighted by Crippen LogP contribution is -2.47. The van der Waals surface area contributed by atoms with Crippen LogP contribution in [0.25, 0.3) is 16.7 Å². The highest BCUT2D eigenvalue weighted by Gasteiger charge is 2.23. The van der Waals surface area contributed by atoms with Crippen LogP contribution < -0.4 is 9.80 Å². The summed E-state index contributed by atoms with van der Waals surface area (Å²) in [4.78, 5) is 15.3. The maximum Gasteiger partial charge on any atom is 0.185 e. The summed E-state index contributed by atoms with van der Waals surface area (Å²) in [6.45, 7) is 7.77. The van der Waals surface area contributed by atoms with Crippen LogP contribution in [0.4, 0.5) is 10.9 Å². The molecule has 28 heavy (non-hydrogen) atoms. The molecule has 0 N–H and O–H groups in total. The summed E-state index contributed by atoms with van der Waals surface area (Å²) in [5.41, 5.74) is 4.33. The predicted molar refractivity (Wildman–Crippen MR) is 113 cm³/mol. The molecule has 4 heterocycles. The summed E-state index contributed by atoms with van der Waals surface area (Å²) < 4.78 is 2.14. The number of nitrogens with zero attached hydrogens (tertiary/aromatic N) is 6. The number of fused-ring (bicyclic) bond motifs is 3. The first-order chi connectivity index (χ1) is 13.7. The molecule has 7 heteroatoms. The van der Waals surface area contributed by atoms with Crippen LogP contribution in [-0.4, -0.2) is 40.5 Å². The summed E-state index contributed by atoms with van der Waals surface area (Å²) in [5.74, 6) is 1.11. The fourth-order valence-corrected chi connectivity index (χ4v) is 4.73. The third kappa shape index (κ3) is 2.60. The first-order valence-corrected chi connectivity index (χ1v) is 10.2. The Morgan fingerprint density at radius 1 is 1.07 bits per heavy atom. The van der Waals surface area contributed by atoms with Gasteiger partial charge in [-0.25, -0.2) is 9.97 Å². The smallest absolute Gasteiger partial charge is 0.185 e. The zero-order valence-electron chi connectivity index (χ0n) is 15.9. The second-order valence-electron chi connectivity index (χ2n) is 7.16. The topological polar surface area (TPSA) is 60.5 Å². The van der Waals surface area contributed by atoms with Gasteiger partial charge in [-0.05, 0) is 37.6 Å². The number of para-hydroxylation sites is 2. The number of hydrogen-bond acceptors (Lipinski definition) is 6. The predicted octanol–water partition coefficient (Wildman–Crippen LogP) is 3.76. The van der Waals surface area contributed by atoms with Gasteiger partial charge in [-0.1, -0.05) is 12.1 Å². The average molecular weight is 389 g/mol. The number of pyridine rings is 1. The number of nitriles is 1. The van der Waals surface area contributed by atoms with E-state index < -0.39 is 0 Å². The lowest BCUT2D eigenvalue weighted by Gasteiger charge is -2.36. The highest BCUT2D eigenvalue weighted by atomic mass is 32.1. The van der Waals surface area contributed by atoms with Crippen molar-refractivity contribution in [2.75, 3.05) is 36.0 Å². The highest BCUT2D eigenvalue weighted by molar-refractivity contribution is 7.15. The van der Waals surface area contributed by atoms with Crippen LogP contribution in [0.5, 0.6) is 0 Å². The van der Waals surface area contributed by atoms with E-state index in [1.54, 1.807) is 11.3 Å². The zero-order valence-corrected chi connectivity index (χ0v) is 16.7. The van der Waals surface area contributed by atoms with Crippen molar-refractivity contribution in [1.82, 2.24) is 14.4 Å². The molecule has 1 aromatic carbocycles. The van der Waals surface area contributed by atoms with Crippen molar-refractivity contribution in [1.29, 1.82) is 5.26 Å². The molecule has 3 aromatic heterocycles. The second kappa shape index (κ2) is 6.50. The normalized spacial score (nSPS) is 14.8. The summed E-state index contributed by atoms with van der Waals surface area (Å²) in [6, 6.07) is 12.6. The molecule has 1 aliphatic heterocycles. The Hall–Kier alpha value is -3.11. The third-order valence-corrected chi connectivity index (χ3v) is 6.32. The van der Waals surface area contributed by atoms with Crippen LogP contribution in [0, 0.1) is 25.2 Å². The van der Waals surface area contributed by atoms with Gasteiger partial charge >= 0.3 is 0 Å². The lowest BCUT2D eigenvalue weighted by atomic mass is 10.1. The molecule has 0 amide bonds. The van der Waals surface area contributed by atoms with Crippen molar-refractivity contribution in [2.45, 2.75) is 13.8 Å². The van der Waals surface area contributed by atoms with E-state index in [1.807, 2.05) is 31.3 Å². The van der Waals surface area contributed by atoms with Gasteiger partial charge in [0.05, 0.1) is 16.6 Å². The molecule has 1 aliphatic rings. The lowest BCUT2D eigenvalue weighted by molar-refractivity contribution is 0.644. The first-order valence-electron chi connectivity index (χ1n) is 9.39. The third-order valence-electron chi connectivity index (χ3n) is 5.35. The fraction of sp³-hybridized carbons (Fsp3) is 0.286. The summed E-state index contributed by atoms with van der Waals surface area (Å²) in [5, 5.41) is 10.8. The number of aromatic nitrogens is 3. The van der Waals surface area contributed by atoms with Gasteiger partial charge in [0.1, 0.15) is 11.9 Å². The minimum Gasteiger partial charge on any atom is -0.354 e. The summed E-state index contributed by atoms with van der Waals surface area (Å²) >= 11 is 1.75. The summed E-state index contributed by atoms with van der Waals surface area (Å²) in [6.07, 6.45) is 1.94. The summed E-state index contributed by atoms with van der Waals surface area (Å²) in [7, 11) is 0. The molecule has 6 nitrogen and oxygen atoms in total. The molecule has 0 saturated carbocycles. The van der Waals surface area contributed by atoms with Crippen LogP contribution in [0.2, 0.25) is 0 Å². The van der Waals surface area contributed by atoms with Gasteiger partial charge in [-0.2, -0.15) is 5.26 Å². The number of piperazine rings is 1. The van der Waals surface area contributed by atoms with Gasteiger partial charge in [-0.15, -0.1) is 11.3 Å². The van der Waals surface area contributed by atoms with Crippen LogP contribution >= 0.6 is 11.3 Å². The van der Waals surface area contributed by atoms with Gasteiger partial charge in [0, 0.05) is 37.3 Å². The van der Waals surface area contributed by atoms with Crippen LogP contribution in [-0.2, 0) is 0 Å². The monoisotopic (exact) mass is 388 g/mol. The Morgan fingerprint density at radius 2 is 1.82 bits per heavy atom. The van der Waals surface area contributed by atoms with E-state index in [4.69, 9.17) is 4.98 Å². The average Bonchev–Trinajstić information content (AvgIpc) is 3.31. The van der Waals surface area contributed by atoms with Crippen molar-refractivity contribution < 1.29 is 0 Å². The second-order valence-corrected chi connectivity index (χ2v) is 8.37. The number of hydrogen-bond donors (Lipinski definition) is 0. The number of aryl methyl sites for hydroxylation is 2. The highest BCUT2D eigenvalue weighted by Crippen LogP contribution is 2.30. The molecular formula is C21H20N6S. The SMILES string of the molecule is Cc1cnc(N2CCN(c3cc(C)c(C#N)c4nc5ccccc5n34)CC2)s1. The van der Waals surface area contributed by atoms with Crippen LogP contribution in [0.3, 0.4) is 0 Å². The van der Waals surface area contributed by atoms with E-state index in [0.717, 1.165) is 59.4 Å². The number of benzene rings is 1. The number of thiazole rings is 1. The minimum atomic E-state index is 0.650. The minimum absolute atomic E-state index is 0.650. The van der Waals surface area contributed by atoms with Crippen molar-refractivity contribution in [3.8, 4) is 6.07 Å². The van der Waals surface area contributed by atoms with E-state index >= 15 is 0 Å². The van der Waals surface area contributed by atoms with E-state index in [2.05, 4.69) is 44.3 Å². The first kappa shape index (κ1) is 17.0. The van der Waals surface area contributed by atoms with Gasteiger partial charge in [-0.3, -0.25) is 4.40 Å². The van der Waals surface area contributed by atoms with Gasteiger partial charge in [0.15, 0.2) is 10.8 Å². The Bertz CT molecular complexity index is 1220. The maximum absolute atomic E-state index is 9.68. The molecule has 0 atom stereocenters. The molecule has 4 aromatic rings. The molecule has 0 radical (unpaired) electrons. The van der Waals surface area contributed by atoms with E-state index in [1.165, 1.54) is 4.88 Å². The molecule has 5 rings (SSSR count). The van der Waals surface area contributed by atoms with Gasteiger partial charge < -0.3 is 9.80 Å². The van der Waals surface area contributed by atoms with E-state index in [9.17, 15) is 5.26 Å². The van der Waals surface area contributed by atoms with Crippen LogP contribution in [0.15, 0.2) is 36.5 Å². The molecule has 0 unspecified atom stereocenters. The van der Waals surface area contributed by atoms with Crippen molar-refractivity contribution in [3.63, 3.8) is 0 Å². The number of imidazole rings is 1. The zero-order chi connectivity index (χ0) is 19.3. The Balaban J connectivity index is 1.57. The van der Waals surface area contributed by atoms with Gasteiger partial charge in [0.2, 0.25) is 0 Å². The molecular weight excluding hydrogens is 368 g/mol. The standard InChI is InChI=1S/C21H20N6S/c1-14-11-19(25-7-9-26(10-8-25)21-23-13-15(2)28-21)27-18-6-4-3-5-17(18)24-20(27)16(14)12-22/h3-6,11,13H,7-10H2,1-2H3. The fourth-order valence-electron chi connectivity index (χ4n) is 3.92. The van der Waals surface area contributed by atoms with Crippen molar-refractivity contribution in [2.24, 2.45) is 0 Å². The van der Waals surface area contributed by atoms with E-state index in [-0.39, 0.29) is 0 Å². The van der Waals surface area contributed by atoms with Crippen molar-refractivity contribution >= 4 is 39.0 Å². The Morgan fingerprint density at radius 3 is 2.54 bits per heavy atom. The maximum atomic E-state index is 9.68. The van der Waals surface area contributed by atoms with Gasteiger partial charge in [0.25, 0.3) is 0 Å². The quantitative estimate of drug-likeness (QED) is 0.523. The van der Waals surface area contributed by atoms with E-state index in [0.29, 0.717) is 5.56 Å². The van der Waals surface area contributed by atoms with Crippen LogP contribution in [0.1, 0.15) is 16.0 Å². The number of rotatable bonds is 2. The molecule has 140 valence electrons.